The van der Waals surface area contributed by atoms with Gasteiger partial charge in [-0.2, -0.15) is 0 Å². The van der Waals surface area contributed by atoms with Crippen LogP contribution >= 0.6 is 0 Å². The number of halogens is 1. The lowest BCUT2D eigenvalue weighted by Crippen LogP contribution is -2.31. The maximum Gasteiger partial charge on any atom is 0.258 e. The van der Waals surface area contributed by atoms with Crippen molar-refractivity contribution in [2.24, 2.45) is 0 Å². The summed E-state index contributed by atoms with van der Waals surface area (Å²) in [5, 5.41) is 2.54. The van der Waals surface area contributed by atoms with Gasteiger partial charge in [0, 0.05) is 11.7 Å². The third-order valence-electron chi connectivity index (χ3n) is 3.51. The zero-order chi connectivity index (χ0) is 17.7. The smallest absolute Gasteiger partial charge is 0.258 e. The maximum atomic E-state index is 13.6. The maximum absolute atomic E-state index is 13.6. The van der Waals surface area contributed by atoms with E-state index in [1.165, 1.54) is 42.5 Å². The van der Waals surface area contributed by atoms with Crippen LogP contribution in [-0.4, -0.2) is 20.4 Å². The summed E-state index contributed by atoms with van der Waals surface area (Å²) in [5.74, 6) is -1.21. The molecule has 1 unspecified atom stereocenters. The standard InChI is InChI=1S/C17H19FN2O3S/c1-3-12(2)20-24(22,23)14-10-8-13(9-11-14)19-17(21)15-6-4-5-7-16(15)18/h4-12,20H,3H2,1-2H3,(H,19,21). The van der Waals surface area contributed by atoms with Gasteiger partial charge in [-0.1, -0.05) is 19.1 Å². The molecule has 2 aromatic rings. The molecule has 0 heterocycles. The summed E-state index contributed by atoms with van der Waals surface area (Å²) in [6.07, 6.45) is 0.677. The highest BCUT2D eigenvalue weighted by Crippen LogP contribution is 2.16. The molecule has 0 fully saturated rings. The van der Waals surface area contributed by atoms with Crippen molar-refractivity contribution >= 4 is 21.6 Å². The lowest BCUT2D eigenvalue weighted by molar-refractivity contribution is 0.102. The second-order valence-electron chi connectivity index (χ2n) is 5.39. The molecule has 1 amide bonds. The van der Waals surface area contributed by atoms with Gasteiger partial charge >= 0.3 is 0 Å². The third kappa shape index (κ3) is 4.39. The number of anilines is 1. The Morgan fingerprint density at radius 1 is 1.12 bits per heavy atom. The van der Waals surface area contributed by atoms with Gasteiger partial charge in [0.15, 0.2) is 0 Å². The molecule has 0 saturated carbocycles. The first-order valence-corrected chi connectivity index (χ1v) is 9.00. The van der Waals surface area contributed by atoms with Crippen molar-refractivity contribution in [1.82, 2.24) is 4.72 Å². The molecule has 0 radical (unpaired) electrons. The highest BCUT2D eigenvalue weighted by atomic mass is 32.2. The predicted molar refractivity (Wildman–Crippen MR) is 90.9 cm³/mol. The molecule has 24 heavy (non-hydrogen) atoms. The lowest BCUT2D eigenvalue weighted by Gasteiger charge is -2.12. The summed E-state index contributed by atoms with van der Waals surface area (Å²) >= 11 is 0. The molecular formula is C17H19FN2O3S. The Kier molecular flexibility index (Phi) is 5.69. The van der Waals surface area contributed by atoms with E-state index >= 15 is 0 Å². The molecular weight excluding hydrogens is 331 g/mol. The van der Waals surface area contributed by atoms with E-state index in [0.717, 1.165) is 0 Å². The summed E-state index contributed by atoms with van der Waals surface area (Å²) in [5.41, 5.74) is 0.304. The number of sulfonamides is 1. The number of carbonyl (C=O) groups excluding carboxylic acids is 1. The van der Waals surface area contributed by atoms with Crippen LogP contribution in [0.25, 0.3) is 0 Å². The molecule has 0 aliphatic rings. The van der Waals surface area contributed by atoms with Crippen LogP contribution in [0.3, 0.4) is 0 Å². The summed E-state index contributed by atoms with van der Waals surface area (Å²) in [6.45, 7) is 3.66. The van der Waals surface area contributed by atoms with Gasteiger partial charge in [-0.3, -0.25) is 4.79 Å². The highest BCUT2D eigenvalue weighted by Gasteiger charge is 2.17. The minimum absolute atomic E-state index is 0.0763. The van der Waals surface area contributed by atoms with E-state index in [2.05, 4.69) is 10.0 Å². The molecule has 0 aliphatic carbocycles. The van der Waals surface area contributed by atoms with E-state index in [1.54, 1.807) is 13.0 Å². The van der Waals surface area contributed by atoms with E-state index in [1.807, 2.05) is 6.92 Å². The van der Waals surface area contributed by atoms with Crippen LogP contribution < -0.4 is 10.0 Å². The SMILES string of the molecule is CCC(C)NS(=O)(=O)c1ccc(NC(=O)c2ccccc2F)cc1. The van der Waals surface area contributed by atoms with E-state index in [-0.39, 0.29) is 16.5 Å². The van der Waals surface area contributed by atoms with Crippen LogP contribution in [0.5, 0.6) is 0 Å². The van der Waals surface area contributed by atoms with Crippen LogP contribution in [0, 0.1) is 5.82 Å². The Hall–Kier alpha value is -2.25. The molecule has 0 bridgehead atoms. The Bertz CT molecular complexity index is 820. The Balaban J connectivity index is 2.13. The van der Waals surface area contributed by atoms with Gasteiger partial charge in [-0.15, -0.1) is 0 Å². The van der Waals surface area contributed by atoms with E-state index in [4.69, 9.17) is 0 Å². The summed E-state index contributed by atoms with van der Waals surface area (Å²) in [6, 6.07) is 11.2. The first-order chi connectivity index (χ1) is 11.3. The summed E-state index contributed by atoms with van der Waals surface area (Å²) < 4.78 is 40.4. The Morgan fingerprint density at radius 3 is 2.33 bits per heavy atom. The number of hydrogen-bond acceptors (Lipinski definition) is 3. The van der Waals surface area contributed by atoms with E-state index in [9.17, 15) is 17.6 Å². The molecule has 5 nitrogen and oxygen atoms in total. The van der Waals surface area contributed by atoms with Gasteiger partial charge in [0.2, 0.25) is 10.0 Å². The Labute approximate surface area is 141 Å². The van der Waals surface area contributed by atoms with Crippen molar-refractivity contribution in [1.29, 1.82) is 0 Å². The number of rotatable bonds is 6. The van der Waals surface area contributed by atoms with E-state index < -0.39 is 21.7 Å². The zero-order valence-corrected chi connectivity index (χ0v) is 14.2. The monoisotopic (exact) mass is 350 g/mol. The van der Waals surface area contributed by atoms with Crippen molar-refractivity contribution < 1.29 is 17.6 Å². The van der Waals surface area contributed by atoms with Crippen molar-refractivity contribution in [3.63, 3.8) is 0 Å². The number of amides is 1. The first kappa shape index (κ1) is 18.1. The molecule has 0 spiro atoms. The van der Waals surface area contributed by atoms with Crippen LogP contribution in [0.15, 0.2) is 53.4 Å². The molecule has 1 atom stereocenters. The molecule has 0 saturated heterocycles. The van der Waals surface area contributed by atoms with Gasteiger partial charge in [0.1, 0.15) is 5.82 Å². The summed E-state index contributed by atoms with van der Waals surface area (Å²) in [4.78, 5) is 12.1. The topological polar surface area (TPSA) is 75.3 Å². The molecule has 0 aromatic heterocycles. The molecule has 2 aromatic carbocycles. The second kappa shape index (κ2) is 7.55. The van der Waals surface area contributed by atoms with Crippen LogP contribution in [0.4, 0.5) is 10.1 Å². The number of benzene rings is 2. The van der Waals surface area contributed by atoms with Gasteiger partial charge in [-0.25, -0.2) is 17.5 Å². The molecule has 0 aliphatic heterocycles. The molecule has 2 N–H and O–H groups in total. The minimum Gasteiger partial charge on any atom is -0.322 e. The highest BCUT2D eigenvalue weighted by molar-refractivity contribution is 7.89. The fourth-order valence-electron chi connectivity index (χ4n) is 1.98. The van der Waals surface area contributed by atoms with Gasteiger partial charge in [0.05, 0.1) is 10.5 Å². The van der Waals surface area contributed by atoms with Crippen LogP contribution in [0.1, 0.15) is 30.6 Å². The average Bonchev–Trinajstić information content (AvgIpc) is 2.55. The van der Waals surface area contributed by atoms with Crippen molar-refractivity contribution in [2.45, 2.75) is 31.2 Å². The largest absolute Gasteiger partial charge is 0.322 e. The van der Waals surface area contributed by atoms with Crippen molar-refractivity contribution in [2.75, 3.05) is 5.32 Å². The molecule has 7 heteroatoms. The van der Waals surface area contributed by atoms with E-state index in [0.29, 0.717) is 12.1 Å². The van der Waals surface area contributed by atoms with Gasteiger partial charge in [0.25, 0.3) is 5.91 Å². The Morgan fingerprint density at radius 2 is 1.75 bits per heavy atom. The number of nitrogens with one attached hydrogen (secondary N) is 2. The van der Waals surface area contributed by atoms with Gasteiger partial charge < -0.3 is 5.32 Å². The fourth-order valence-corrected chi connectivity index (χ4v) is 3.30. The third-order valence-corrected chi connectivity index (χ3v) is 5.12. The normalized spacial score (nSPS) is 12.6. The quantitative estimate of drug-likeness (QED) is 0.840. The zero-order valence-electron chi connectivity index (χ0n) is 13.4. The molecule has 128 valence electrons. The lowest BCUT2D eigenvalue weighted by atomic mass is 10.2. The number of hydrogen-bond donors (Lipinski definition) is 2. The van der Waals surface area contributed by atoms with Crippen molar-refractivity contribution in [3.05, 3.63) is 59.9 Å². The van der Waals surface area contributed by atoms with Gasteiger partial charge in [-0.05, 0) is 49.7 Å². The number of carbonyl (C=O) groups is 1. The minimum atomic E-state index is -3.60. The average molecular weight is 350 g/mol. The summed E-state index contributed by atoms with van der Waals surface area (Å²) in [7, 11) is -3.60. The fraction of sp³-hybridized carbons (Fsp3) is 0.235. The van der Waals surface area contributed by atoms with Crippen molar-refractivity contribution in [3.8, 4) is 0 Å². The van der Waals surface area contributed by atoms with Crippen LogP contribution in [0.2, 0.25) is 0 Å². The first-order valence-electron chi connectivity index (χ1n) is 7.51. The predicted octanol–water partition coefficient (Wildman–Crippen LogP) is 3.15. The second-order valence-corrected chi connectivity index (χ2v) is 7.10. The van der Waals surface area contributed by atoms with Crippen LogP contribution in [-0.2, 0) is 10.0 Å². The molecule has 2 rings (SSSR count).